The van der Waals surface area contributed by atoms with Crippen LogP contribution in [0.4, 0.5) is 5.82 Å². The first-order valence-electron chi connectivity index (χ1n) is 6.31. The van der Waals surface area contributed by atoms with E-state index in [2.05, 4.69) is 13.8 Å². The van der Waals surface area contributed by atoms with Crippen LogP contribution in [0.25, 0.3) is 0 Å². The van der Waals surface area contributed by atoms with Crippen molar-refractivity contribution >= 4 is 33.2 Å². The second-order valence-electron chi connectivity index (χ2n) is 4.39. The third-order valence-corrected chi connectivity index (χ3v) is 6.35. The zero-order chi connectivity index (χ0) is 18.0. The van der Waals surface area contributed by atoms with Crippen molar-refractivity contribution in [1.29, 1.82) is 0 Å². The van der Waals surface area contributed by atoms with E-state index < -0.39 is 33.0 Å². The maximum Gasteiger partial charge on any atom is 0.483 e. The highest BCUT2D eigenvalue weighted by atomic mass is 32.2. The van der Waals surface area contributed by atoms with Crippen molar-refractivity contribution in [2.45, 2.75) is 11.7 Å². The number of nitrogens with two attached hydrogens (primary N) is 1. The van der Waals surface area contributed by atoms with E-state index in [4.69, 9.17) is 24.8 Å². The third-order valence-electron chi connectivity index (χ3n) is 2.69. The number of anilines is 1. The van der Waals surface area contributed by atoms with E-state index in [0.717, 1.165) is 7.11 Å². The van der Waals surface area contributed by atoms with Crippen molar-refractivity contribution in [3.05, 3.63) is 22.7 Å². The van der Waals surface area contributed by atoms with E-state index in [1.807, 2.05) is 0 Å². The minimum Gasteiger partial charge on any atom is -0.383 e. The first kappa shape index (κ1) is 19.6. The molecule has 1 unspecified atom stereocenters. The number of aromatic nitrogens is 2. The van der Waals surface area contributed by atoms with Crippen LogP contribution in [0.5, 0.6) is 0 Å². The van der Waals surface area contributed by atoms with Gasteiger partial charge < -0.3 is 20.3 Å². The molecule has 1 fully saturated rings. The summed E-state index contributed by atoms with van der Waals surface area (Å²) in [7, 11) is -8.58. The molecule has 0 aliphatic carbocycles. The number of nitrogen functional groups attached to an aromatic ring is 1. The van der Waals surface area contributed by atoms with Gasteiger partial charge in [-0.1, -0.05) is 0 Å². The molecule has 0 saturated carbocycles. The number of hydrogen-bond acceptors (Lipinski definition) is 10. The molecule has 4 N–H and O–H groups in total. The average Bonchev–Trinajstić information content (AvgIpc) is 2.92. The lowest BCUT2D eigenvalue weighted by Gasteiger charge is -2.18. The van der Waals surface area contributed by atoms with Gasteiger partial charge in [-0.05, 0) is 6.07 Å². The largest absolute Gasteiger partial charge is 0.483 e. The summed E-state index contributed by atoms with van der Waals surface area (Å²) in [6.07, 6.45) is 0.782. The number of nitrogens with zero attached hydrogens (tertiary/aromatic N) is 2. The molecular weight excluding hydrogens is 388 g/mol. The van der Waals surface area contributed by atoms with Crippen molar-refractivity contribution in [1.82, 2.24) is 9.55 Å². The fourth-order valence-corrected chi connectivity index (χ4v) is 4.72. The number of thioether (sulfide) groups is 1. The van der Waals surface area contributed by atoms with E-state index in [9.17, 15) is 13.9 Å². The molecule has 0 aromatic carbocycles. The van der Waals surface area contributed by atoms with Gasteiger partial charge in [0.05, 0.1) is 6.61 Å². The van der Waals surface area contributed by atoms with Crippen LogP contribution in [-0.4, -0.2) is 44.2 Å². The number of ether oxygens (including phenoxy) is 1. The lowest BCUT2D eigenvalue weighted by molar-refractivity contribution is -0.00733. The second kappa shape index (κ2) is 7.65. The lowest BCUT2D eigenvalue weighted by Crippen LogP contribution is -2.28. The molecule has 0 radical (unpaired) electrons. The minimum atomic E-state index is -5.06. The number of rotatable bonds is 7. The topological polar surface area (TPSA) is 172 Å². The average molecular weight is 403 g/mol. The summed E-state index contributed by atoms with van der Waals surface area (Å²) < 4.78 is 42.6. The Labute approximate surface area is 140 Å². The van der Waals surface area contributed by atoms with Gasteiger partial charge in [-0.25, -0.2) is 13.9 Å². The summed E-state index contributed by atoms with van der Waals surface area (Å²) in [5.41, 5.74) is 4.15. The third kappa shape index (κ3) is 5.38. The van der Waals surface area contributed by atoms with Gasteiger partial charge in [0.15, 0.2) is 0 Å². The summed E-state index contributed by atoms with van der Waals surface area (Å²) in [4.78, 5) is 32.7. The molecule has 2 rings (SSSR count). The molecule has 2 heterocycles. The Morgan fingerprint density at radius 1 is 1.54 bits per heavy atom. The van der Waals surface area contributed by atoms with Gasteiger partial charge in [-0.15, -0.1) is 11.8 Å². The molecule has 12 nitrogen and oxygen atoms in total. The van der Waals surface area contributed by atoms with Crippen LogP contribution in [0.3, 0.4) is 0 Å². The Kier molecular flexibility index (Phi) is 6.24. The van der Waals surface area contributed by atoms with Crippen molar-refractivity contribution in [2.75, 3.05) is 25.2 Å². The highest BCUT2D eigenvalue weighted by molar-refractivity contribution is 8.00. The molecule has 3 atom stereocenters. The summed E-state index contributed by atoms with van der Waals surface area (Å²) in [6.45, 7) is -0.344. The molecule has 0 spiro atoms. The monoisotopic (exact) mass is 403 g/mol. The molecule has 15 heteroatoms. The van der Waals surface area contributed by atoms with E-state index >= 15 is 0 Å². The van der Waals surface area contributed by atoms with Crippen LogP contribution in [0.15, 0.2) is 17.1 Å². The van der Waals surface area contributed by atoms with Crippen LogP contribution in [-0.2, 0) is 27.2 Å². The van der Waals surface area contributed by atoms with Crippen LogP contribution < -0.4 is 11.4 Å². The number of phosphoric ester groups is 1. The number of phosphoric acid groups is 2. The van der Waals surface area contributed by atoms with Crippen molar-refractivity contribution in [3.63, 3.8) is 0 Å². The predicted molar refractivity (Wildman–Crippen MR) is 83.0 cm³/mol. The Morgan fingerprint density at radius 2 is 2.25 bits per heavy atom. The van der Waals surface area contributed by atoms with Crippen molar-refractivity contribution in [2.24, 2.45) is 0 Å². The SMILES string of the molecule is COP(=O)(OC[C@@H]1O[C@H](n2ccc(N)nc2=O)CS1)OP(=O)(O)O. The van der Waals surface area contributed by atoms with Crippen LogP contribution >= 0.6 is 27.4 Å². The van der Waals surface area contributed by atoms with Gasteiger partial charge >= 0.3 is 21.3 Å². The van der Waals surface area contributed by atoms with Crippen LogP contribution in [0.1, 0.15) is 6.23 Å². The van der Waals surface area contributed by atoms with Gasteiger partial charge in [0.1, 0.15) is 17.5 Å². The molecule has 0 bridgehead atoms. The molecule has 1 aromatic rings. The molecule has 1 aliphatic rings. The zero-order valence-corrected chi connectivity index (χ0v) is 14.9. The zero-order valence-electron chi connectivity index (χ0n) is 12.3. The van der Waals surface area contributed by atoms with E-state index in [0.29, 0.717) is 5.75 Å². The van der Waals surface area contributed by atoms with Gasteiger partial charge in [-0.3, -0.25) is 13.6 Å². The summed E-state index contributed by atoms with van der Waals surface area (Å²) >= 11 is 1.24. The Morgan fingerprint density at radius 3 is 2.83 bits per heavy atom. The Hall–Kier alpha value is -0.750. The van der Waals surface area contributed by atoms with Crippen molar-refractivity contribution < 1.29 is 37.0 Å². The van der Waals surface area contributed by atoms with E-state index in [1.165, 1.54) is 28.6 Å². The predicted octanol–water partition coefficient (Wildman–Crippen LogP) is 0.294. The van der Waals surface area contributed by atoms with Gasteiger partial charge in [0.2, 0.25) is 0 Å². The summed E-state index contributed by atoms with van der Waals surface area (Å²) in [5, 5.41) is 0. The fourth-order valence-electron chi connectivity index (χ4n) is 1.71. The van der Waals surface area contributed by atoms with Crippen LogP contribution in [0.2, 0.25) is 0 Å². The Balaban J connectivity index is 1.95. The van der Waals surface area contributed by atoms with Gasteiger partial charge in [0.25, 0.3) is 0 Å². The molecule has 1 aliphatic heterocycles. The van der Waals surface area contributed by atoms with Crippen molar-refractivity contribution in [3.8, 4) is 0 Å². The highest BCUT2D eigenvalue weighted by Gasteiger charge is 2.37. The van der Waals surface area contributed by atoms with Gasteiger partial charge in [0, 0.05) is 19.1 Å². The maximum atomic E-state index is 11.9. The molecule has 1 aromatic heterocycles. The normalized spacial score (nSPS) is 24.0. The summed E-state index contributed by atoms with van der Waals surface area (Å²) in [5.74, 6) is 0.452. The Bertz CT molecular complexity index is 737. The molecule has 0 amide bonds. The second-order valence-corrected chi connectivity index (χ2v) is 8.74. The molecule has 136 valence electrons. The standard InChI is InChI=1S/C9H15N3O9P2S/c1-18-23(17,21-22(14,15)16)19-4-8-20-7(5-24-8)12-3-2-6(10)11-9(12)13/h2-3,7-8H,4-5H2,1H3,(H2,10,11,13)(H2,14,15,16)/t7-,8+,23?/m0/s1. The highest BCUT2D eigenvalue weighted by Crippen LogP contribution is 2.60. The van der Waals surface area contributed by atoms with Crippen LogP contribution in [0, 0.1) is 0 Å². The maximum absolute atomic E-state index is 11.9. The first-order chi connectivity index (χ1) is 11.1. The lowest BCUT2D eigenvalue weighted by atomic mass is 10.5. The fraction of sp³-hybridized carbons (Fsp3) is 0.556. The summed E-state index contributed by atoms with van der Waals surface area (Å²) in [6, 6.07) is 1.44. The van der Waals surface area contributed by atoms with E-state index in [-0.39, 0.29) is 12.4 Å². The van der Waals surface area contributed by atoms with Gasteiger partial charge in [-0.2, -0.15) is 9.29 Å². The minimum absolute atomic E-state index is 0.0809. The molecular formula is C9H15N3O9P2S. The quantitative estimate of drug-likeness (QED) is 0.532. The van der Waals surface area contributed by atoms with E-state index in [1.54, 1.807) is 0 Å². The molecule has 24 heavy (non-hydrogen) atoms. The molecule has 1 saturated heterocycles. The first-order valence-corrected chi connectivity index (χ1v) is 10.3. The number of hydrogen-bond donors (Lipinski definition) is 3. The smallest absolute Gasteiger partial charge is 0.383 e.